The number of nitrogens with zero attached hydrogens (tertiary/aromatic N) is 6. The number of hydrogen-bond donors (Lipinski definition) is 1. The molecule has 2 saturated heterocycles. The van der Waals surface area contributed by atoms with Crippen LogP contribution in [0.1, 0.15) is 51.7 Å². The van der Waals surface area contributed by atoms with Gasteiger partial charge in [0.15, 0.2) is 0 Å². The van der Waals surface area contributed by atoms with Crippen LogP contribution in [-0.2, 0) is 18.4 Å². The first-order valence-corrected chi connectivity index (χ1v) is 17.4. The van der Waals surface area contributed by atoms with Gasteiger partial charge in [0.1, 0.15) is 22.7 Å². The zero-order valence-corrected chi connectivity index (χ0v) is 28.6. The van der Waals surface area contributed by atoms with E-state index in [0.717, 1.165) is 28.2 Å². The van der Waals surface area contributed by atoms with Gasteiger partial charge < -0.3 is 19.5 Å². The minimum absolute atomic E-state index is 0.0129. The van der Waals surface area contributed by atoms with Gasteiger partial charge in [-0.2, -0.15) is 0 Å². The minimum atomic E-state index is -1.16. The number of thiophene rings is 1. The van der Waals surface area contributed by atoms with E-state index in [1.165, 1.54) is 10.9 Å². The van der Waals surface area contributed by atoms with E-state index in [1.807, 2.05) is 56.4 Å². The van der Waals surface area contributed by atoms with E-state index in [4.69, 9.17) is 0 Å². The molecule has 12 heteroatoms. The van der Waals surface area contributed by atoms with E-state index < -0.39 is 11.4 Å². The van der Waals surface area contributed by atoms with E-state index in [0.29, 0.717) is 60.4 Å². The van der Waals surface area contributed by atoms with Crippen LogP contribution in [0, 0.1) is 25.6 Å². The number of hydrogen-bond acceptors (Lipinski definition) is 7. The highest BCUT2D eigenvalue weighted by Gasteiger charge is 2.42. The molecule has 10 nitrogen and oxygen atoms in total. The number of benzene rings is 1. The monoisotopic (exact) mass is 682 g/mol. The van der Waals surface area contributed by atoms with Gasteiger partial charge in [-0.15, -0.1) is 11.3 Å². The van der Waals surface area contributed by atoms with Crippen LogP contribution in [0.15, 0.2) is 72.0 Å². The zero-order chi connectivity index (χ0) is 34.4. The highest BCUT2D eigenvalue weighted by molar-refractivity contribution is 7.17. The van der Waals surface area contributed by atoms with Crippen LogP contribution in [-0.4, -0.2) is 77.6 Å². The lowest BCUT2D eigenvalue weighted by Crippen LogP contribution is -2.53. The first-order valence-electron chi connectivity index (χ1n) is 16.6. The van der Waals surface area contributed by atoms with Crippen LogP contribution < -0.4 is 5.56 Å². The number of pyridine rings is 1. The smallest absolute Gasteiger partial charge is 0.266 e. The normalized spacial score (nSPS) is 19.4. The maximum Gasteiger partial charge on any atom is 0.266 e. The number of fused-ring (bicyclic) bond motifs is 1. The number of aliphatic hydroxyl groups is 1. The van der Waals surface area contributed by atoms with Crippen molar-refractivity contribution < 1.29 is 19.1 Å². The molecule has 1 N–H and O–H groups in total. The number of piperidine rings is 2. The molecule has 2 fully saturated rings. The summed E-state index contributed by atoms with van der Waals surface area (Å²) in [5, 5.41) is 12.0. The van der Waals surface area contributed by atoms with Crippen molar-refractivity contribution in [3.05, 3.63) is 105 Å². The Bertz CT molecular complexity index is 2100. The molecule has 49 heavy (non-hydrogen) atoms. The first-order chi connectivity index (χ1) is 23.5. The predicted molar refractivity (Wildman–Crippen MR) is 186 cm³/mol. The molecule has 0 unspecified atom stereocenters. The number of carbonyl (C=O) groups excluding carboxylic acids is 2. The fraction of sp³-hybridized carbons (Fsp3) is 0.378. The van der Waals surface area contributed by atoms with Crippen molar-refractivity contribution in [1.82, 2.24) is 28.9 Å². The topological polar surface area (TPSA) is 114 Å². The van der Waals surface area contributed by atoms with Crippen molar-refractivity contribution in [3.63, 3.8) is 0 Å². The van der Waals surface area contributed by atoms with Crippen molar-refractivity contribution in [2.45, 2.75) is 51.2 Å². The molecule has 7 rings (SSSR count). The zero-order valence-electron chi connectivity index (χ0n) is 27.8. The molecule has 0 aliphatic carbocycles. The summed E-state index contributed by atoms with van der Waals surface area (Å²) in [5.41, 5.74) is 2.26. The van der Waals surface area contributed by atoms with Gasteiger partial charge in [0.05, 0.1) is 17.5 Å². The Balaban J connectivity index is 1.07. The van der Waals surface area contributed by atoms with Gasteiger partial charge in [0, 0.05) is 73.6 Å². The molecule has 0 bridgehead atoms. The van der Waals surface area contributed by atoms with E-state index in [2.05, 4.69) is 9.97 Å². The van der Waals surface area contributed by atoms with Crippen molar-refractivity contribution >= 4 is 34.2 Å². The third-order valence-corrected chi connectivity index (χ3v) is 11.5. The Morgan fingerprint density at radius 1 is 1.04 bits per heavy atom. The summed E-state index contributed by atoms with van der Waals surface area (Å²) in [7, 11) is 1.83. The number of halogens is 1. The second-order valence-electron chi connectivity index (χ2n) is 13.4. The SMILES string of the molecule is Cc1cc(-c2sc(C(=O)N3CC[C@@H](C(=O)N4CCC(O)(Cn5cnc6c(ccn6C)c5=O)CC4)[C@H](c4ccccc4)C3)c(F)c2C)ccn1. The van der Waals surface area contributed by atoms with Crippen LogP contribution >= 0.6 is 11.3 Å². The van der Waals surface area contributed by atoms with Crippen LogP contribution in [0.25, 0.3) is 21.5 Å². The summed E-state index contributed by atoms with van der Waals surface area (Å²) >= 11 is 1.16. The highest BCUT2D eigenvalue weighted by atomic mass is 32.1. The van der Waals surface area contributed by atoms with Gasteiger partial charge in [0.25, 0.3) is 11.5 Å². The van der Waals surface area contributed by atoms with Crippen LogP contribution in [0.4, 0.5) is 4.39 Å². The quantitative estimate of drug-likeness (QED) is 0.272. The summed E-state index contributed by atoms with van der Waals surface area (Å²) in [6.07, 6.45) is 6.02. The standard InChI is InChI=1S/C37H39FN6O4S/c1-23-19-26(9-14-39-23)31-24(2)30(38)32(49-31)36(47)43-16-11-27(29(20-43)25-7-5-4-6-8-25)34(45)42-17-12-37(48,13-18-42)21-44-22-40-33-28(35(44)46)10-15-41(33)3/h4-10,14-15,19,22,27,29,48H,11-13,16-18,20-21H2,1-3H3/t27-,29+/m1/s1. The Kier molecular flexibility index (Phi) is 8.70. The summed E-state index contributed by atoms with van der Waals surface area (Å²) in [4.78, 5) is 54.0. The number of aryl methyl sites for hydroxylation is 2. The van der Waals surface area contributed by atoms with E-state index in [9.17, 15) is 19.5 Å². The van der Waals surface area contributed by atoms with Crippen molar-refractivity contribution in [3.8, 4) is 10.4 Å². The Hall–Kier alpha value is -4.68. The van der Waals surface area contributed by atoms with Crippen LogP contribution in [0.2, 0.25) is 0 Å². The molecule has 0 radical (unpaired) electrons. The molecule has 5 aromatic rings. The van der Waals surface area contributed by atoms with Crippen molar-refractivity contribution in [1.29, 1.82) is 0 Å². The van der Waals surface area contributed by atoms with E-state index in [-0.39, 0.29) is 47.2 Å². The molecular weight excluding hydrogens is 644 g/mol. The van der Waals surface area contributed by atoms with E-state index >= 15 is 4.39 Å². The second-order valence-corrected chi connectivity index (χ2v) is 14.5. The van der Waals surface area contributed by atoms with Gasteiger partial charge in [-0.3, -0.25) is 23.9 Å². The average Bonchev–Trinajstić information content (AvgIpc) is 3.64. The summed E-state index contributed by atoms with van der Waals surface area (Å²) in [6.45, 7) is 4.98. The maximum atomic E-state index is 15.6. The molecule has 6 heterocycles. The number of rotatable bonds is 6. The third kappa shape index (κ3) is 6.19. The molecule has 1 aromatic carbocycles. The summed E-state index contributed by atoms with van der Waals surface area (Å²) < 4.78 is 18.9. The van der Waals surface area contributed by atoms with Crippen LogP contribution in [0.3, 0.4) is 0 Å². The number of likely N-dealkylation sites (tertiary alicyclic amines) is 2. The van der Waals surface area contributed by atoms with E-state index in [1.54, 1.807) is 39.8 Å². The molecule has 0 saturated carbocycles. The van der Waals surface area contributed by atoms with Crippen molar-refractivity contribution in [2.24, 2.45) is 13.0 Å². The fourth-order valence-electron chi connectivity index (χ4n) is 7.35. The lowest BCUT2D eigenvalue weighted by Gasteiger charge is -2.43. The second kappa shape index (κ2) is 13.0. The Morgan fingerprint density at radius 3 is 2.53 bits per heavy atom. The summed E-state index contributed by atoms with van der Waals surface area (Å²) in [5.74, 6) is -1.54. The Morgan fingerprint density at radius 2 is 1.80 bits per heavy atom. The van der Waals surface area contributed by atoms with Crippen molar-refractivity contribution in [2.75, 3.05) is 26.2 Å². The lowest BCUT2D eigenvalue weighted by atomic mass is 9.79. The van der Waals surface area contributed by atoms with Gasteiger partial charge in [-0.1, -0.05) is 30.3 Å². The fourth-order valence-corrected chi connectivity index (χ4v) is 8.50. The molecule has 4 aromatic heterocycles. The third-order valence-electron chi connectivity index (χ3n) is 10.2. The van der Waals surface area contributed by atoms with Gasteiger partial charge >= 0.3 is 0 Å². The average molecular weight is 683 g/mol. The predicted octanol–water partition coefficient (Wildman–Crippen LogP) is 4.91. The number of amides is 2. The molecule has 0 spiro atoms. The molecule has 2 aliphatic rings. The minimum Gasteiger partial charge on any atom is -0.388 e. The number of aromatic nitrogens is 4. The molecule has 254 valence electrons. The molecule has 2 atom stereocenters. The highest BCUT2D eigenvalue weighted by Crippen LogP contribution is 2.39. The number of carbonyl (C=O) groups is 2. The molecular formula is C37H39FN6O4S. The first kappa shape index (κ1) is 32.8. The largest absolute Gasteiger partial charge is 0.388 e. The van der Waals surface area contributed by atoms with Crippen LogP contribution in [0.5, 0.6) is 0 Å². The van der Waals surface area contributed by atoms with Gasteiger partial charge in [0.2, 0.25) is 5.91 Å². The summed E-state index contributed by atoms with van der Waals surface area (Å²) in [6, 6.07) is 15.2. The Labute approximate surface area is 287 Å². The van der Waals surface area contributed by atoms with Gasteiger partial charge in [-0.05, 0) is 62.4 Å². The maximum absolute atomic E-state index is 15.6. The molecule has 2 amide bonds. The lowest BCUT2D eigenvalue weighted by molar-refractivity contribution is -0.142. The molecule has 2 aliphatic heterocycles. The van der Waals surface area contributed by atoms with Gasteiger partial charge in [-0.25, -0.2) is 9.37 Å².